The Bertz CT molecular complexity index is 1180. The van der Waals surface area contributed by atoms with Gasteiger partial charge in [-0.25, -0.2) is 9.97 Å². The molecule has 29 heavy (non-hydrogen) atoms. The average Bonchev–Trinajstić information content (AvgIpc) is 3.02. The summed E-state index contributed by atoms with van der Waals surface area (Å²) in [5, 5.41) is 0. The summed E-state index contributed by atoms with van der Waals surface area (Å²) in [6.07, 6.45) is 1.69. The second-order valence-electron chi connectivity index (χ2n) is 9.16. The molecule has 0 radical (unpaired) electrons. The van der Waals surface area contributed by atoms with Gasteiger partial charge < -0.3 is 0 Å². The molecule has 0 saturated heterocycles. The maximum atomic E-state index is 4.66. The van der Waals surface area contributed by atoms with E-state index in [9.17, 15) is 0 Å². The molecule has 2 heterocycles. The van der Waals surface area contributed by atoms with Gasteiger partial charge in [-0.2, -0.15) is 0 Å². The van der Waals surface area contributed by atoms with E-state index >= 15 is 0 Å². The maximum absolute atomic E-state index is 4.66. The fourth-order valence-corrected chi connectivity index (χ4v) is 5.38. The van der Waals surface area contributed by atoms with Gasteiger partial charge in [0.2, 0.25) is 0 Å². The van der Waals surface area contributed by atoms with Crippen molar-refractivity contribution in [3.63, 3.8) is 0 Å². The van der Waals surface area contributed by atoms with Crippen molar-refractivity contribution in [3.05, 3.63) is 70.5 Å². The Kier molecular flexibility index (Phi) is 4.82. The molecule has 4 rings (SSSR count). The number of rotatable bonds is 2. The topological polar surface area (TPSA) is 25.8 Å². The van der Waals surface area contributed by atoms with Gasteiger partial charge in [-0.15, -0.1) is 11.3 Å². The summed E-state index contributed by atoms with van der Waals surface area (Å²) < 4.78 is 1.16. The Morgan fingerprint density at radius 3 is 1.97 bits per heavy atom. The number of benzene rings is 2. The van der Waals surface area contributed by atoms with Gasteiger partial charge in [-0.05, 0) is 73.6 Å². The fourth-order valence-electron chi connectivity index (χ4n) is 4.08. The molecule has 2 aromatic heterocycles. The van der Waals surface area contributed by atoms with Gasteiger partial charge in [0.15, 0.2) is 0 Å². The van der Waals surface area contributed by atoms with Crippen LogP contribution in [0.2, 0.25) is 0 Å². The number of hydrogen-bond acceptors (Lipinski definition) is 3. The molecular formula is C26H28N2S. The number of fused-ring (bicyclic) bond motifs is 1. The van der Waals surface area contributed by atoms with Crippen molar-refractivity contribution in [1.82, 2.24) is 9.97 Å². The highest BCUT2D eigenvalue weighted by Gasteiger charge is 2.19. The van der Waals surface area contributed by atoms with E-state index in [2.05, 4.69) is 94.8 Å². The molecule has 0 aliphatic carbocycles. The molecule has 3 heteroatoms. The lowest BCUT2D eigenvalue weighted by Crippen LogP contribution is -2.11. The van der Waals surface area contributed by atoms with Crippen LogP contribution in [0.4, 0.5) is 0 Å². The lowest BCUT2D eigenvalue weighted by molar-refractivity contribution is 0.589. The molecule has 0 atom stereocenters. The number of thiophene rings is 1. The summed E-state index contributed by atoms with van der Waals surface area (Å²) in [6.45, 7) is 15.5. The Hall–Kier alpha value is -2.52. The Morgan fingerprint density at radius 2 is 1.38 bits per heavy atom. The summed E-state index contributed by atoms with van der Waals surface area (Å²) in [7, 11) is 0. The molecule has 0 spiro atoms. The van der Waals surface area contributed by atoms with Gasteiger partial charge in [0.25, 0.3) is 0 Å². The second kappa shape index (κ2) is 7.07. The van der Waals surface area contributed by atoms with Gasteiger partial charge >= 0.3 is 0 Å². The van der Waals surface area contributed by atoms with Gasteiger partial charge in [-0.3, -0.25) is 0 Å². The smallest absolute Gasteiger partial charge is 0.116 e. The van der Waals surface area contributed by atoms with Crippen molar-refractivity contribution < 1.29 is 0 Å². The third kappa shape index (κ3) is 3.72. The van der Waals surface area contributed by atoms with Gasteiger partial charge in [-0.1, -0.05) is 50.1 Å². The molecule has 0 saturated carbocycles. The molecule has 0 amide bonds. The monoisotopic (exact) mass is 400 g/mol. The van der Waals surface area contributed by atoms with Gasteiger partial charge in [0.1, 0.15) is 6.33 Å². The lowest BCUT2D eigenvalue weighted by Gasteiger charge is -2.22. The number of nitrogens with zero attached hydrogens (tertiary/aromatic N) is 2. The molecule has 0 N–H and O–H groups in total. The second-order valence-corrected chi connectivity index (χ2v) is 10.2. The summed E-state index contributed by atoms with van der Waals surface area (Å²) in [4.78, 5) is 10.5. The highest BCUT2D eigenvalue weighted by atomic mass is 32.1. The van der Waals surface area contributed by atoms with Crippen LogP contribution in [-0.4, -0.2) is 9.97 Å². The zero-order chi connectivity index (χ0) is 20.9. The van der Waals surface area contributed by atoms with E-state index in [0.29, 0.717) is 0 Å². The first-order chi connectivity index (χ1) is 13.6. The van der Waals surface area contributed by atoms with Crippen molar-refractivity contribution >= 4 is 21.6 Å². The molecule has 2 nitrogen and oxygen atoms in total. The van der Waals surface area contributed by atoms with Crippen LogP contribution in [0.5, 0.6) is 0 Å². The molecule has 4 aromatic rings. The van der Waals surface area contributed by atoms with Gasteiger partial charge in [0, 0.05) is 10.4 Å². The predicted octanol–water partition coefficient (Wildman–Crippen LogP) is 7.56. The van der Waals surface area contributed by atoms with E-state index in [0.717, 1.165) is 15.9 Å². The molecule has 2 aromatic carbocycles. The van der Waals surface area contributed by atoms with Crippen LogP contribution in [0.25, 0.3) is 31.9 Å². The standard InChI is InChI=1S/C26H28N2S/c1-15-8-16(2)10-19(9-15)24-25-21(27-14-28-24)13-22(29-25)23-17(3)11-20(12-18(23)4)26(5,6)7/h8-14H,1-7H3. The fraction of sp³-hybridized carbons (Fsp3) is 0.308. The van der Waals surface area contributed by atoms with Crippen LogP contribution >= 0.6 is 11.3 Å². The van der Waals surface area contributed by atoms with Crippen LogP contribution in [0.1, 0.15) is 48.6 Å². The van der Waals surface area contributed by atoms with Crippen LogP contribution in [0.3, 0.4) is 0 Å². The summed E-state index contributed by atoms with van der Waals surface area (Å²) in [6, 6.07) is 13.5. The third-order valence-electron chi connectivity index (χ3n) is 5.45. The minimum absolute atomic E-state index is 0.149. The van der Waals surface area contributed by atoms with E-state index in [1.54, 1.807) is 17.7 Å². The lowest BCUT2D eigenvalue weighted by atomic mass is 9.83. The van der Waals surface area contributed by atoms with E-state index in [4.69, 9.17) is 0 Å². The quantitative estimate of drug-likeness (QED) is 0.347. The van der Waals surface area contributed by atoms with E-state index in [-0.39, 0.29) is 5.41 Å². The molecule has 0 bridgehead atoms. The summed E-state index contributed by atoms with van der Waals surface area (Å²) >= 11 is 1.80. The first kappa shape index (κ1) is 19.8. The zero-order valence-electron chi connectivity index (χ0n) is 18.3. The highest BCUT2D eigenvalue weighted by Crippen LogP contribution is 2.41. The number of hydrogen-bond donors (Lipinski definition) is 0. The predicted molar refractivity (Wildman–Crippen MR) is 126 cm³/mol. The van der Waals surface area contributed by atoms with Crippen molar-refractivity contribution in [3.8, 4) is 21.7 Å². The average molecular weight is 401 g/mol. The van der Waals surface area contributed by atoms with Crippen LogP contribution in [-0.2, 0) is 5.41 Å². The van der Waals surface area contributed by atoms with Crippen LogP contribution in [0, 0.1) is 27.7 Å². The maximum Gasteiger partial charge on any atom is 0.116 e. The van der Waals surface area contributed by atoms with Crippen LogP contribution < -0.4 is 0 Å². The number of aryl methyl sites for hydroxylation is 4. The first-order valence-electron chi connectivity index (χ1n) is 10.1. The van der Waals surface area contributed by atoms with E-state index in [1.165, 1.54) is 43.8 Å². The number of aromatic nitrogens is 2. The molecule has 148 valence electrons. The SMILES string of the molecule is Cc1cc(C)cc(-c2ncnc3cc(-c4c(C)cc(C(C)(C)C)cc4C)sc23)c1. The van der Waals surface area contributed by atoms with Crippen molar-refractivity contribution in [2.24, 2.45) is 0 Å². The Labute approximate surface area is 177 Å². The Morgan fingerprint density at radius 1 is 0.759 bits per heavy atom. The van der Waals surface area contributed by atoms with Crippen molar-refractivity contribution in [2.75, 3.05) is 0 Å². The molecule has 0 aliphatic rings. The van der Waals surface area contributed by atoms with Gasteiger partial charge in [0.05, 0.1) is 15.9 Å². The molecule has 0 unspecified atom stereocenters. The normalized spacial score (nSPS) is 12.0. The zero-order valence-corrected chi connectivity index (χ0v) is 19.2. The van der Waals surface area contributed by atoms with Crippen LogP contribution in [0.15, 0.2) is 42.7 Å². The summed E-state index contributed by atoms with van der Waals surface area (Å²) in [5.41, 5.74) is 11.2. The minimum atomic E-state index is 0.149. The molecular weight excluding hydrogens is 372 g/mol. The summed E-state index contributed by atoms with van der Waals surface area (Å²) in [5.74, 6) is 0. The van der Waals surface area contributed by atoms with E-state index < -0.39 is 0 Å². The van der Waals surface area contributed by atoms with E-state index in [1.807, 2.05) is 0 Å². The highest BCUT2D eigenvalue weighted by molar-refractivity contribution is 7.22. The largest absolute Gasteiger partial charge is 0.235 e. The Balaban J connectivity index is 1.90. The van der Waals surface area contributed by atoms with Crippen molar-refractivity contribution in [2.45, 2.75) is 53.9 Å². The first-order valence-corrected chi connectivity index (χ1v) is 10.9. The third-order valence-corrected chi connectivity index (χ3v) is 6.60. The molecule has 0 fully saturated rings. The molecule has 0 aliphatic heterocycles. The minimum Gasteiger partial charge on any atom is -0.235 e. The van der Waals surface area contributed by atoms with Crippen molar-refractivity contribution in [1.29, 1.82) is 0 Å².